The maximum absolute atomic E-state index is 4.28. The standard InChI is InChI=1S/C15H32N4S.HI/c1-14-8-4-6-11-19(14)12-10-18-15(16-2)17-9-5-7-13-20-3;/h14H,4-13H2,1-3H3,(H2,16,17,18);1H. The molecule has 2 N–H and O–H groups in total. The van der Waals surface area contributed by atoms with Gasteiger partial charge in [-0.05, 0) is 51.2 Å². The summed E-state index contributed by atoms with van der Waals surface area (Å²) in [4.78, 5) is 6.86. The Bertz CT molecular complexity index is 276. The first-order chi connectivity index (χ1) is 9.77. The highest BCUT2D eigenvalue weighted by molar-refractivity contribution is 14.0. The van der Waals surface area contributed by atoms with Crippen LogP contribution in [0.5, 0.6) is 0 Å². The average Bonchev–Trinajstić information content (AvgIpc) is 2.47. The van der Waals surface area contributed by atoms with Gasteiger partial charge >= 0.3 is 0 Å². The van der Waals surface area contributed by atoms with E-state index in [0.717, 1.165) is 31.6 Å². The average molecular weight is 428 g/mol. The second-order valence-corrected chi connectivity index (χ2v) is 6.49. The van der Waals surface area contributed by atoms with Gasteiger partial charge in [0.25, 0.3) is 0 Å². The van der Waals surface area contributed by atoms with Gasteiger partial charge in [-0.25, -0.2) is 0 Å². The maximum atomic E-state index is 4.28. The molecule has 6 heteroatoms. The fraction of sp³-hybridized carbons (Fsp3) is 0.933. The van der Waals surface area contributed by atoms with Crippen LogP contribution >= 0.6 is 35.7 Å². The van der Waals surface area contributed by atoms with Crippen molar-refractivity contribution in [2.45, 2.75) is 45.1 Å². The number of guanidine groups is 1. The molecule has 1 aliphatic heterocycles. The number of nitrogens with one attached hydrogen (secondary N) is 2. The molecule has 1 rings (SSSR count). The molecule has 1 aliphatic rings. The molecular formula is C15H33IN4S. The molecule has 0 amide bonds. The van der Waals surface area contributed by atoms with Crippen LogP contribution < -0.4 is 10.6 Å². The molecule has 0 radical (unpaired) electrons. The van der Waals surface area contributed by atoms with Crippen LogP contribution in [-0.4, -0.2) is 62.1 Å². The first-order valence-electron chi connectivity index (χ1n) is 7.95. The van der Waals surface area contributed by atoms with Crippen molar-refractivity contribution < 1.29 is 0 Å². The third-order valence-corrected chi connectivity index (χ3v) is 4.62. The van der Waals surface area contributed by atoms with Gasteiger partial charge in [-0.3, -0.25) is 9.89 Å². The van der Waals surface area contributed by atoms with Gasteiger partial charge in [-0.2, -0.15) is 11.8 Å². The van der Waals surface area contributed by atoms with E-state index in [1.165, 1.54) is 44.4 Å². The van der Waals surface area contributed by atoms with Crippen LogP contribution in [0.1, 0.15) is 39.0 Å². The zero-order valence-electron chi connectivity index (χ0n) is 13.9. The van der Waals surface area contributed by atoms with E-state index < -0.39 is 0 Å². The summed E-state index contributed by atoms with van der Waals surface area (Å²) < 4.78 is 0. The number of likely N-dealkylation sites (tertiary alicyclic amines) is 1. The van der Waals surface area contributed by atoms with Crippen LogP contribution in [0.3, 0.4) is 0 Å². The number of hydrogen-bond acceptors (Lipinski definition) is 3. The number of aliphatic imine (C=N–C) groups is 1. The van der Waals surface area contributed by atoms with Crippen molar-refractivity contribution in [2.75, 3.05) is 45.2 Å². The zero-order valence-corrected chi connectivity index (χ0v) is 17.0. The van der Waals surface area contributed by atoms with Crippen LogP contribution in [-0.2, 0) is 0 Å². The predicted molar refractivity (Wildman–Crippen MR) is 107 cm³/mol. The Labute approximate surface area is 152 Å². The Morgan fingerprint density at radius 2 is 2.00 bits per heavy atom. The Morgan fingerprint density at radius 3 is 2.67 bits per heavy atom. The van der Waals surface area contributed by atoms with Crippen LogP contribution in [0.2, 0.25) is 0 Å². The highest BCUT2D eigenvalue weighted by Crippen LogP contribution is 2.15. The maximum Gasteiger partial charge on any atom is 0.191 e. The molecule has 4 nitrogen and oxygen atoms in total. The van der Waals surface area contributed by atoms with Crippen LogP contribution in [0.25, 0.3) is 0 Å². The number of piperidine rings is 1. The lowest BCUT2D eigenvalue weighted by Gasteiger charge is -2.33. The summed E-state index contributed by atoms with van der Waals surface area (Å²) in [6.45, 7) is 6.71. The smallest absolute Gasteiger partial charge is 0.191 e. The van der Waals surface area contributed by atoms with Gasteiger partial charge in [0.1, 0.15) is 0 Å². The molecule has 1 atom stereocenters. The van der Waals surface area contributed by atoms with Gasteiger partial charge in [-0.1, -0.05) is 6.42 Å². The monoisotopic (exact) mass is 428 g/mol. The Hall–Kier alpha value is 0.310. The molecule has 1 saturated heterocycles. The topological polar surface area (TPSA) is 39.7 Å². The SMILES string of the molecule is CN=C(NCCCCSC)NCCN1CCCCC1C.I. The Balaban J connectivity index is 0.00000400. The summed E-state index contributed by atoms with van der Waals surface area (Å²) >= 11 is 1.92. The molecule has 1 unspecified atom stereocenters. The summed E-state index contributed by atoms with van der Waals surface area (Å²) in [6.07, 6.45) is 8.75. The molecule has 0 aromatic rings. The number of unbranched alkanes of at least 4 members (excludes halogenated alkanes) is 1. The van der Waals surface area contributed by atoms with E-state index in [-0.39, 0.29) is 24.0 Å². The van der Waals surface area contributed by atoms with E-state index in [4.69, 9.17) is 0 Å². The molecule has 0 aromatic carbocycles. The van der Waals surface area contributed by atoms with E-state index >= 15 is 0 Å². The summed E-state index contributed by atoms with van der Waals surface area (Å²) in [5.41, 5.74) is 0. The number of nitrogens with zero attached hydrogens (tertiary/aromatic N) is 2. The van der Waals surface area contributed by atoms with E-state index in [9.17, 15) is 0 Å². The van der Waals surface area contributed by atoms with Gasteiger partial charge in [0.15, 0.2) is 5.96 Å². The third kappa shape index (κ3) is 9.84. The lowest BCUT2D eigenvalue weighted by atomic mass is 10.0. The molecule has 1 heterocycles. The number of hydrogen-bond donors (Lipinski definition) is 2. The molecule has 0 bridgehead atoms. The molecule has 0 saturated carbocycles. The summed E-state index contributed by atoms with van der Waals surface area (Å²) in [5, 5.41) is 6.81. The molecule has 126 valence electrons. The third-order valence-electron chi connectivity index (χ3n) is 3.92. The van der Waals surface area contributed by atoms with Crippen molar-refractivity contribution >= 4 is 41.7 Å². The van der Waals surface area contributed by atoms with Crippen molar-refractivity contribution in [3.8, 4) is 0 Å². The Morgan fingerprint density at radius 1 is 1.24 bits per heavy atom. The summed E-state index contributed by atoms with van der Waals surface area (Å²) in [5.74, 6) is 2.19. The fourth-order valence-corrected chi connectivity index (χ4v) is 3.10. The van der Waals surface area contributed by atoms with E-state index in [2.05, 4.69) is 33.7 Å². The quantitative estimate of drug-likeness (QED) is 0.270. The van der Waals surface area contributed by atoms with Crippen molar-refractivity contribution in [1.29, 1.82) is 0 Å². The van der Waals surface area contributed by atoms with Crippen molar-refractivity contribution in [2.24, 2.45) is 4.99 Å². The van der Waals surface area contributed by atoms with Gasteiger partial charge in [0.2, 0.25) is 0 Å². The first kappa shape index (κ1) is 21.3. The zero-order chi connectivity index (χ0) is 14.6. The molecule has 0 spiro atoms. The van der Waals surface area contributed by atoms with Crippen molar-refractivity contribution in [3.63, 3.8) is 0 Å². The van der Waals surface area contributed by atoms with E-state index in [1.807, 2.05) is 18.8 Å². The lowest BCUT2D eigenvalue weighted by molar-refractivity contribution is 0.163. The van der Waals surface area contributed by atoms with Crippen LogP contribution in [0.15, 0.2) is 4.99 Å². The minimum Gasteiger partial charge on any atom is -0.356 e. The number of halogens is 1. The number of thioether (sulfide) groups is 1. The fourth-order valence-electron chi connectivity index (χ4n) is 2.61. The second kappa shape index (κ2) is 13.9. The predicted octanol–water partition coefficient (Wildman–Crippen LogP) is 2.79. The minimum atomic E-state index is 0. The van der Waals surface area contributed by atoms with Crippen LogP contribution in [0.4, 0.5) is 0 Å². The van der Waals surface area contributed by atoms with Crippen molar-refractivity contribution in [1.82, 2.24) is 15.5 Å². The van der Waals surface area contributed by atoms with E-state index in [1.54, 1.807) is 0 Å². The first-order valence-corrected chi connectivity index (χ1v) is 9.34. The summed E-state index contributed by atoms with van der Waals surface area (Å²) in [7, 11) is 1.85. The molecule has 0 aliphatic carbocycles. The normalized spacial score (nSPS) is 20.0. The molecule has 1 fully saturated rings. The van der Waals surface area contributed by atoms with Crippen molar-refractivity contribution in [3.05, 3.63) is 0 Å². The Kier molecular flexibility index (Phi) is 14.1. The highest BCUT2D eigenvalue weighted by atomic mass is 127. The van der Waals surface area contributed by atoms with Gasteiger partial charge in [-0.15, -0.1) is 24.0 Å². The largest absolute Gasteiger partial charge is 0.356 e. The second-order valence-electron chi connectivity index (χ2n) is 5.51. The van der Waals surface area contributed by atoms with Crippen LogP contribution in [0, 0.1) is 0 Å². The van der Waals surface area contributed by atoms with Gasteiger partial charge < -0.3 is 10.6 Å². The minimum absolute atomic E-state index is 0. The molecule has 0 aromatic heterocycles. The van der Waals surface area contributed by atoms with Gasteiger partial charge in [0, 0.05) is 32.7 Å². The van der Waals surface area contributed by atoms with E-state index in [0.29, 0.717) is 0 Å². The van der Waals surface area contributed by atoms with Gasteiger partial charge in [0.05, 0.1) is 0 Å². The summed E-state index contributed by atoms with van der Waals surface area (Å²) in [6, 6.07) is 0.743. The molecular weight excluding hydrogens is 395 g/mol. The number of rotatable bonds is 8. The molecule has 21 heavy (non-hydrogen) atoms. The highest BCUT2D eigenvalue weighted by Gasteiger charge is 2.17. The lowest BCUT2D eigenvalue weighted by Crippen LogP contribution is -2.45.